The molecule has 1 atom stereocenters. The van der Waals surface area contributed by atoms with Crippen LogP contribution in [0.15, 0.2) is 27.2 Å². The zero-order chi connectivity index (χ0) is 18.9. The fourth-order valence-electron chi connectivity index (χ4n) is 3.36. The van der Waals surface area contributed by atoms with Crippen molar-refractivity contribution in [2.24, 2.45) is 0 Å². The molecule has 1 aromatic carbocycles. The molecule has 0 unspecified atom stereocenters. The third-order valence-electron chi connectivity index (χ3n) is 4.95. The normalized spacial score (nSPS) is 18.4. The predicted molar refractivity (Wildman–Crippen MR) is 104 cm³/mol. The fraction of sp³-hybridized carbons (Fsp3) is 0.550. The van der Waals surface area contributed by atoms with Crippen molar-refractivity contribution in [3.8, 4) is 0 Å². The van der Waals surface area contributed by atoms with Gasteiger partial charge >= 0.3 is 0 Å². The number of ketones is 1. The first kappa shape index (κ1) is 19.2. The van der Waals surface area contributed by atoms with E-state index in [1.54, 1.807) is 0 Å². The van der Waals surface area contributed by atoms with Crippen molar-refractivity contribution < 1.29 is 9.32 Å². The Hall–Kier alpha value is -1.53. The maximum atomic E-state index is 12.8. The van der Waals surface area contributed by atoms with Gasteiger partial charge in [0.15, 0.2) is 5.82 Å². The molecule has 1 aliphatic heterocycles. The maximum absolute atomic E-state index is 12.8. The Morgan fingerprint density at radius 1 is 1.38 bits per heavy atom. The first-order chi connectivity index (χ1) is 12.3. The molecule has 0 saturated carbocycles. The van der Waals surface area contributed by atoms with Crippen LogP contribution in [0.2, 0.25) is 0 Å². The lowest BCUT2D eigenvalue weighted by molar-refractivity contribution is 0.0928. The number of fused-ring (bicyclic) bond motifs is 1. The monoisotopic (exact) mass is 419 g/mol. The van der Waals surface area contributed by atoms with Crippen LogP contribution in [-0.4, -0.2) is 33.9 Å². The average molecular weight is 420 g/mol. The Kier molecular flexibility index (Phi) is 5.63. The van der Waals surface area contributed by atoms with Gasteiger partial charge in [-0.3, -0.25) is 9.69 Å². The lowest BCUT2D eigenvalue weighted by atomic mass is 9.88. The first-order valence-corrected chi connectivity index (χ1v) is 9.95. The van der Waals surface area contributed by atoms with E-state index in [0.717, 1.165) is 30.5 Å². The van der Waals surface area contributed by atoms with E-state index in [1.807, 2.05) is 20.8 Å². The molecule has 0 spiro atoms. The summed E-state index contributed by atoms with van der Waals surface area (Å²) in [5.74, 6) is 0.803. The van der Waals surface area contributed by atoms with Crippen LogP contribution in [0.1, 0.15) is 74.1 Å². The van der Waals surface area contributed by atoms with Gasteiger partial charge in [-0.1, -0.05) is 54.8 Å². The van der Waals surface area contributed by atoms with Gasteiger partial charge in [-0.05, 0) is 48.7 Å². The van der Waals surface area contributed by atoms with Crippen molar-refractivity contribution in [3.63, 3.8) is 0 Å². The molecule has 3 rings (SSSR count). The van der Waals surface area contributed by atoms with Crippen LogP contribution in [0.3, 0.4) is 0 Å². The standard InChI is InChI=1S/C20H26BrN3O2/c1-5-24-9-8-13(16-7-6-15(21)10-14(16)12-24)11-17(25)18-22-19(23-26-18)20(2,3)4/h6-7,10,13H,5,8-9,11-12H2,1-4H3/t13-/m0/s1. The number of Topliss-reactive ketones (excluding diaryl/α,β-unsaturated/α-hetero) is 1. The highest BCUT2D eigenvalue weighted by Gasteiger charge is 2.28. The van der Waals surface area contributed by atoms with Crippen molar-refractivity contribution in [3.05, 3.63) is 45.5 Å². The molecule has 0 bridgehead atoms. The first-order valence-electron chi connectivity index (χ1n) is 9.16. The predicted octanol–water partition coefficient (Wildman–Crippen LogP) is 4.71. The minimum atomic E-state index is -0.231. The molecule has 2 heterocycles. The van der Waals surface area contributed by atoms with Crippen molar-refractivity contribution in [2.45, 2.75) is 58.4 Å². The van der Waals surface area contributed by atoms with Crippen molar-refractivity contribution in [1.29, 1.82) is 0 Å². The lowest BCUT2D eigenvalue weighted by Crippen LogP contribution is -2.22. The van der Waals surface area contributed by atoms with Gasteiger partial charge in [0.1, 0.15) is 0 Å². The second kappa shape index (κ2) is 7.61. The van der Waals surface area contributed by atoms with Crippen LogP contribution in [-0.2, 0) is 12.0 Å². The quantitative estimate of drug-likeness (QED) is 0.671. The number of rotatable bonds is 4. The largest absolute Gasteiger partial charge is 0.331 e. The van der Waals surface area contributed by atoms with E-state index in [2.05, 4.69) is 56.1 Å². The number of aromatic nitrogens is 2. The zero-order valence-electron chi connectivity index (χ0n) is 15.9. The Morgan fingerprint density at radius 2 is 2.15 bits per heavy atom. The number of carbonyl (C=O) groups excluding carboxylic acids is 1. The molecule has 26 heavy (non-hydrogen) atoms. The summed E-state index contributed by atoms with van der Waals surface area (Å²) >= 11 is 3.57. The minimum Gasteiger partial charge on any atom is -0.331 e. The van der Waals surface area contributed by atoms with Crippen molar-refractivity contribution in [2.75, 3.05) is 13.1 Å². The molecular weight excluding hydrogens is 394 g/mol. The smallest absolute Gasteiger partial charge is 0.294 e. The van der Waals surface area contributed by atoms with Gasteiger partial charge in [-0.25, -0.2) is 0 Å². The fourth-order valence-corrected chi connectivity index (χ4v) is 3.77. The molecule has 6 heteroatoms. The summed E-state index contributed by atoms with van der Waals surface area (Å²) in [6.07, 6.45) is 1.35. The molecule has 140 valence electrons. The highest BCUT2D eigenvalue weighted by molar-refractivity contribution is 9.10. The molecule has 0 aliphatic carbocycles. The average Bonchev–Trinajstić information content (AvgIpc) is 3.02. The molecule has 5 nitrogen and oxygen atoms in total. The van der Waals surface area contributed by atoms with Gasteiger partial charge in [0, 0.05) is 22.9 Å². The van der Waals surface area contributed by atoms with E-state index in [0.29, 0.717) is 12.2 Å². The van der Waals surface area contributed by atoms with Crippen molar-refractivity contribution in [1.82, 2.24) is 15.0 Å². The molecule has 0 amide bonds. The summed E-state index contributed by atoms with van der Waals surface area (Å²) in [5, 5.41) is 3.98. The van der Waals surface area contributed by atoms with Crippen LogP contribution < -0.4 is 0 Å². The third kappa shape index (κ3) is 4.23. The molecule has 0 radical (unpaired) electrons. The molecular formula is C20H26BrN3O2. The van der Waals surface area contributed by atoms with Crippen LogP contribution in [0.25, 0.3) is 0 Å². The van der Waals surface area contributed by atoms with Gasteiger partial charge in [0.25, 0.3) is 5.89 Å². The number of carbonyl (C=O) groups is 1. The van der Waals surface area contributed by atoms with Crippen LogP contribution in [0, 0.1) is 0 Å². The van der Waals surface area contributed by atoms with E-state index >= 15 is 0 Å². The maximum Gasteiger partial charge on any atom is 0.294 e. The number of hydrogen-bond acceptors (Lipinski definition) is 5. The van der Waals surface area contributed by atoms with E-state index in [1.165, 1.54) is 11.1 Å². The van der Waals surface area contributed by atoms with Crippen LogP contribution >= 0.6 is 15.9 Å². The van der Waals surface area contributed by atoms with Crippen LogP contribution in [0.4, 0.5) is 0 Å². The second-order valence-corrected chi connectivity index (χ2v) is 8.91. The van der Waals surface area contributed by atoms with E-state index in [9.17, 15) is 4.79 Å². The van der Waals surface area contributed by atoms with Gasteiger partial charge < -0.3 is 4.52 Å². The Balaban J connectivity index is 1.83. The minimum absolute atomic E-state index is 0.0724. The highest BCUT2D eigenvalue weighted by Crippen LogP contribution is 2.33. The summed E-state index contributed by atoms with van der Waals surface area (Å²) in [7, 11) is 0. The van der Waals surface area contributed by atoms with Crippen molar-refractivity contribution >= 4 is 21.7 Å². The number of nitrogens with zero attached hydrogens (tertiary/aromatic N) is 3. The molecule has 2 aromatic rings. The summed E-state index contributed by atoms with van der Waals surface area (Å²) in [6.45, 7) is 11.1. The lowest BCUT2D eigenvalue weighted by Gasteiger charge is -2.17. The zero-order valence-corrected chi connectivity index (χ0v) is 17.5. The highest BCUT2D eigenvalue weighted by atomic mass is 79.9. The van der Waals surface area contributed by atoms with Gasteiger partial charge in [-0.2, -0.15) is 4.98 Å². The third-order valence-corrected chi connectivity index (χ3v) is 5.44. The number of hydrogen-bond donors (Lipinski definition) is 0. The molecule has 1 aliphatic rings. The topological polar surface area (TPSA) is 59.2 Å². The summed E-state index contributed by atoms with van der Waals surface area (Å²) in [4.78, 5) is 19.5. The Morgan fingerprint density at radius 3 is 2.81 bits per heavy atom. The Bertz CT molecular complexity index is 795. The van der Waals surface area contributed by atoms with E-state index < -0.39 is 0 Å². The van der Waals surface area contributed by atoms with Gasteiger partial charge in [0.05, 0.1) is 0 Å². The van der Waals surface area contributed by atoms with E-state index in [4.69, 9.17) is 4.52 Å². The molecule has 0 fully saturated rings. The van der Waals surface area contributed by atoms with Gasteiger partial charge in [0.2, 0.25) is 5.78 Å². The van der Waals surface area contributed by atoms with Gasteiger partial charge in [-0.15, -0.1) is 0 Å². The number of benzene rings is 1. The summed E-state index contributed by atoms with van der Waals surface area (Å²) < 4.78 is 6.32. The molecule has 0 saturated heterocycles. The summed E-state index contributed by atoms with van der Waals surface area (Å²) in [5.41, 5.74) is 2.32. The Labute approximate surface area is 163 Å². The summed E-state index contributed by atoms with van der Waals surface area (Å²) in [6, 6.07) is 6.37. The SMILES string of the molecule is CCN1CC[C@@H](CC(=O)c2nc(C(C)(C)C)no2)c2ccc(Br)cc2C1. The van der Waals surface area contributed by atoms with Crippen LogP contribution in [0.5, 0.6) is 0 Å². The molecule has 0 N–H and O–H groups in total. The molecule has 1 aromatic heterocycles. The van der Waals surface area contributed by atoms with E-state index in [-0.39, 0.29) is 23.0 Å². The second-order valence-electron chi connectivity index (χ2n) is 8.00. The number of halogens is 1.